The van der Waals surface area contributed by atoms with Crippen molar-refractivity contribution in [1.82, 2.24) is 19.3 Å². The number of nitrogens with zero attached hydrogens (tertiary/aromatic N) is 3. The summed E-state index contributed by atoms with van der Waals surface area (Å²) < 4.78 is 16.1. The highest BCUT2D eigenvalue weighted by atomic mass is 19.1. The van der Waals surface area contributed by atoms with Crippen LogP contribution < -0.4 is 10.9 Å². The number of hydrogen-bond donors (Lipinski definition) is 1. The predicted octanol–water partition coefficient (Wildman–Crippen LogP) is 2.62. The number of hydrogen-bond acceptors (Lipinski definition) is 3. The summed E-state index contributed by atoms with van der Waals surface area (Å²) in [4.78, 5) is 29.1. The van der Waals surface area contributed by atoms with Crippen LogP contribution in [-0.4, -0.2) is 26.4 Å². The molecule has 0 aliphatic heterocycles. The Labute approximate surface area is 150 Å². The van der Waals surface area contributed by atoms with Crippen molar-refractivity contribution in [3.8, 4) is 11.3 Å². The molecule has 136 valence electrons. The van der Waals surface area contributed by atoms with Gasteiger partial charge in [-0.2, -0.15) is 0 Å². The molecule has 1 N–H and O–H groups in total. The van der Waals surface area contributed by atoms with Crippen molar-refractivity contribution in [2.75, 3.05) is 6.54 Å². The molecule has 0 bridgehead atoms. The van der Waals surface area contributed by atoms with E-state index in [1.165, 1.54) is 22.9 Å². The van der Waals surface area contributed by atoms with Crippen LogP contribution in [0.4, 0.5) is 4.39 Å². The molecule has 0 saturated heterocycles. The van der Waals surface area contributed by atoms with Crippen LogP contribution in [0.5, 0.6) is 0 Å². The quantitative estimate of drug-likeness (QED) is 0.764. The lowest BCUT2D eigenvalue weighted by atomic mass is 10.1. The van der Waals surface area contributed by atoms with Crippen LogP contribution in [0.3, 0.4) is 0 Å². The average molecular weight is 356 g/mol. The van der Waals surface area contributed by atoms with Crippen molar-refractivity contribution in [1.29, 1.82) is 0 Å². The molecule has 1 atom stereocenters. The van der Waals surface area contributed by atoms with Gasteiger partial charge in [0.2, 0.25) is 5.65 Å². The second-order valence-corrected chi connectivity index (χ2v) is 6.47. The van der Waals surface area contributed by atoms with Gasteiger partial charge in [0, 0.05) is 26.0 Å². The molecular weight excluding hydrogens is 335 g/mol. The lowest BCUT2D eigenvalue weighted by molar-refractivity contribution is 0.0943. The minimum Gasteiger partial charge on any atom is -0.350 e. The molecule has 2 aromatic heterocycles. The van der Waals surface area contributed by atoms with E-state index < -0.39 is 0 Å². The van der Waals surface area contributed by atoms with E-state index in [4.69, 9.17) is 0 Å². The van der Waals surface area contributed by atoms with Gasteiger partial charge in [0.1, 0.15) is 11.5 Å². The lowest BCUT2D eigenvalue weighted by Crippen LogP contribution is -2.28. The standard InChI is InChI=1S/C19H21FN4O2/c1-4-12(2)9-21-18(25)15-10-24-11-16(13-5-7-14(20)8-6-13)23(3)19(26)17(24)22-15/h5-8,10-12H,4,9H2,1-3H3,(H,21,25). The highest BCUT2D eigenvalue weighted by molar-refractivity contribution is 5.92. The van der Waals surface area contributed by atoms with E-state index in [9.17, 15) is 14.0 Å². The zero-order valence-electron chi connectivity index (χ0n) is 15.0. The summed E-state index contributed by atoms with van der Waals surface area (Å²) in [6.45, 7) is 4.67. The zero-order valence-corrected chi connectivity index (χ0v) is 15.0. The molecule has 7 heteroatoms. The number of fused-ring (bicyclic) bond motifs is 1. The molecule has 0 aliphatic rings. The molecule has 6 nitrogen and oxygen atoms in total. The van der Waals surface area contributed by atoms with Crippen LogP contribution in [0.2, 0.25) is 0 Å². The third-order valence-electron chi connectivity index (χ3n) is 4.53. The van der Waals surface area contributed by atoms with Crippen LogP contribution in [0.1, 0.15) is 30.8 Å². The molecule has 26 heavy (non-hydrogen) atoms. The number of amides is 1. The minimum atomic E-state index is -0.345. The van der Waals surface area contributed by atoms with E-state index in [2.05, 4.69) is 24.1 Å². The second-order valence-electron chi connectivity index (χ2n) is 6.47. The van der Waals surface area contributed by atoms with Gasteiger partial charge in [0.05, 0.1) is 5.69 Å². The predicted molar refractivity (Wildman–Crippen MR) is 97.6 cm³/mol. The molecule has 3 rings (SSSR count). The number of rotatable bonds is 5. The van der Waals surface area contributed by atoms with E-state index >= 15 is 0 Å². The summed E-state index contributed by atoms with van der Waals surface area (Å²) in [5.74, 6) is -0.281. The summed E-state index contributed by atoms with van der Waals surface area (Å²) >= 11 is 0. The fraction of sp³-hybridized carbons (Fsp3) is 0.316. The van der Waals surface area contributed by atoms with E-state index in [1.807, 2.05) is 0 Å². The van der Waals surface area contributed by atoms with Crippen LogP contribution in [0.15, 0.2) is 41.5 Å². The normalized spacial score (nSPS) is 12.3. The Morgan fingerprint density at radius 2 is 1.96 bits per heavy atom. The SMILES string of the molecule is CCC(C)CNC(=O)c1cn2cc(-c3ccc(F)cc3)n(C)c(=O)c2n1. The maximum Gasteiger partial charge on any atom is 0.294 e. The summed E-state index contributed by atoms with van der Waals surface area (Å²) in [6, 6.07) is 5.89. The monoisotopic (exact) mass is 356 g/mol. The Morgan fingerprint density at radius 1 is 1.27 bits per heavy atom. The summed E-state index contributed by atoms with van der Waals surface area (Å²) in [6.07, 6.45) is 4.21. The number of carbonyl (C=O) groups excluding carboxylic acids is 1. The van der Waals surface area contributed by atoms with Gasteiger partial charge in [-0.25, -0.2) is 9.37 Å². The first-order valence-corrected chi connectivity index (χ1v) is 8.53. The first kappa shape index (κ1) is 17.8. The molecule has 2 heterocycles. The molecule has 1 unspecified atom stereocenters. The smallest absolute Gasteiger partial charge is 0.294 e. The molecule has 0 fully saturated rings. The number of aromatic nitrogens is 3. The maximum absolute atomic E-state index is 13.2. The Bertz CT molecular complexity index is 1000. The van der Waals surface area contributed by atoms with Gasteiger partial charge in [-0.05, 0) is 35.7 Å². The average Bonchev–Trinajstić information content (AvgIpc) is 3.07. The van der Waals surface area contributed by atoms with Gasteiger partial charge >= 0.3 is 0 Å². The maximum atomic E-state index is 13.2. The molecule has 1 aromatic carbocycles. The van der Waals surface area contributed by atoms with Crippen molar-refractivity contribution in [2.24, 2.45) is 13.0 Å². The number of imidazole rings is 1. The topological polar surface area (TPSA) is 68.4 Å². The fourth-order valence-corrected chi connectivity index (χ4v) is 2.63. The van der Waals surface area contributed by atoms with Crippen molar-refractivity contribution < 1.29 is 9.18 Å². The van der Waals surface area contributed by atoms with Gasteiger partial charge in [0.25, 0.3) is 11.5 Å². The zero-order chi connectivity index (χ0) is 18.8. The first-order chi connectivity index (χ1) is 12.4. The van der Waals surface area contributed by atoms with E-state index in [-0.39, 0.29) is 28.6 Å². The van der Waals surface area contributed by atoms with Crippen LogP contribution in [-0.2, 0) is 7.05 Å². The van der Waals surface area contributed by atoms with Gasteiger partial charge < -0.3 is 9.88 Å². The lowest BCUT2D eigenvalue weighted by Gasteiger charge is -2.09. The Hall–Kier alpha value is -2.96. The fourth-order valence-electron chi connectivity index (χ4n) is 2.63. The molecule has 0 radical (unpaired) electrons. The van der Waals surface area contributed by atoms with Crippen molar-refractivity contribution >= 4 is 11.6 Å². The second kappa shape index (κ2) is 7.11. The van der Waals surface area contributed by atoms with Crippen LogP contribution >= 0.6 is 0 Å². The highest BCUT2D eigenvalue weighted by Crippen LogP contribution is 2.18. The molecule has 0 spiro atoms. The van der Waals surface area contributed by atoms with Gasteiger partial charge in [-0.3, -0.25) is 14.0 Å². The number of nitrogens with one attached hydrogen (secondary N) is 1. The summed E-state index contributed by atoms with van der Waals surface area (Å²) in [7, 11) is 1.62. The summed E-state index contributed by atoms with van der Waals surface area (Å²) in [5.41, 5.74) is 1.34. The Balaban J connectivity index is 1.99. The van der Waals surface area contributed by atoms with Gasteiger partial charge in [-0.15, -0.1) is 0 Å². The first-order valence-electron chi connectivity index (χ1n) is 8.53. The number of benzene rings is 1. The molecule has 0 aliphatic carbocycles. The third kappa shape index (κ3) is 3.37. The molecule has 0 saturated carbocycles. The highest BCUT2D eigenvalue weighted by Gasteiger charge is 2.16. The van der Waals surface area contributed by atoms with Crippen LogP contribution in [0.25, 0.3) is 16.9 Å². The van der Waals surface area contributed by atoms with Crippen molar-refractivity contribution in [3.63, 3.8) is 0 Å². The summed E-state index contributed by atoms with van der Waals surface area (Å²) in [5, 5.41) is 2.83. The van der Waals surface area contributed by atoms with E-state index in [1.54, 1.807) is 29.8 Å². The van der Waals surface area contributed by atoms with Gasteiger partial charge in [0.15, 0.2) is 0 Å². The van der Waals surface area contributed by atoms with Crippen molar-refractivity contribution in [3.05, 3.63) is 58.5 Å². The Morgan fingerprint density at radius 3 is 2.62 bits per heavy atom. The molecule has 3 aromatic rings. The molecular formula is C19H21FN4O2. The van der Waals surface area contributed by atoms with Crippen LogP contribution in [0, 0.1) is 11.7 Å². The number of carbonyl (C=O) groups is 1. The molecule has 1 amide bonds. The number of halogens is 1. The van der Waals surface area contributed by atoms with E-state index in [0.717, 1.165) is 6.42 Å². The minimum absolute atomic E-state index is 0.173. The Kier molecular flexibility index (Phi) is 4.88. The van der Waals surface area contributed by atoms with E-state index in [0.29, 0.717) is 23.7 Å². The van der Waals surface area contributed by atoms with Crippen molar-refractivity contribution in [2.45, 2.75) is 20.3 Å². The van der Waals surface area contributed by atoms with Gasteiger partial charge in [-0.1, -0.05) is 20.3 Å². The largest absolute Gasteiger partial charge is 0.350 e. The third-order valence-corrected chi connectivity index (χ3v) is 4.53.